The molecular formula is C10H20N2O2. The molecule has 0 bridgehead atoms. The number of amides is 1. The van der Waals surface area contributed by atoms with Crippen molar-refractivity contribution >= 4 is 5.91 Å². The average Bonchev–Trinajstić information content (AvgIpc) is 2.50. The Morgan fingerprint density at radius 2 is 2.36 bits per heavy atom. The van der Waals surface area contributed by atoms with E-state index in [0.717, 1.165) is 13.0 Å². The van der Waals surface area contributed by atoms with Gasteiger partial charge in [0, 0.05) is 31.6 Å². The molecule has 1 saturated heterocycles. The fraction of sp³-hybridized carbons (Fsp3) is 0.900. The third-order valence-corrected chi connectivity index (χ3v) is 2.66. The topological polar surface area (TPSA) is 52.6 Å². The van der Waals surface area contributed by atoms with E-state index in [1.54, 1.807) is 0 Å². The van der Waals surface area contributed by atoms with Crippen molar-refractivity contribution in [2.75, 3.05) is 19.7 Å². The number of nitrogens with one attached hydrogen (secondary N) is 1. The molecule has 1 aliphatic heterocycles. The molecule has 4 heteroatoms. The number of aliphatic hydroxyl groups excluding tert-OH is 1. The van der Waals surface area contributed by atoms with E-state index in [2.05, 4.69) is 24.1 Å². The summed E-state index contributed by atoms with van der Waals surface area (Å²) < 4.78 is 0. The Labute approximate surface area is 85.3 Å². The lowest BCUT2D eigenvalue weighted by atomic mass is 10.2. The molecule has 0 aromatic carbocycles. The Morgan fingerprint density at radius 3 is 2.79 bits per heavy atom. The molecule has 0 saturated carbocycles. The van der Waals surface area contributed by atoms with Crippen LogP contribution in [0.4, 0.5) is 0 Å². The van der Waals surface area contributed by atoms with Crippen LogP contribution in [0.1, 0.15) is 26.7 Å². The van der Waals surface area contributed by atoms with Crippen LogP contribution in [0.25, 0.3) is 0 Å². The zero-order chi connectivity index (χ0) is 10.6. The summed E-state index contributed by atoms with van der Waals surface area (Å²) in [5, 5.41) is 11.8. The highest BCUT2D eigenvalue weighted by Gasteiger charge is 2.23. The van der Waals surface area contributed by atoms with Gasteiger partial charge in [-0.05, 0) is 20.3 Å². The molecule has 0 radical (unpaired) electrons. The summed E-state index contributed by atoms with van der Waals surface area (Å²) in [7, 11) is 0. The number of nitrogens with zero attached hydrogens (tertiary/aromatic N) is 1. The molecule has 1 fully saturated rings. The zero-order valence-corrected chi connectivity index (χ0v) is 8.99. The first-order valence-corrected chi connectivity index (χ1v) is 5.27. The predicted molar refractivity (Wildman–Crippen MR) is 55.0 cm³/mol. The smallest absolute Gasteiger partial charge is 0.220 e. The summed E-state index contributed by atoms with van der Waals surface area (Å²) in [4.78, 5) is 13.2. The molecule has 14 heavy (non-hydrogen) atoms. The predicted octanol–water partition coefficient (Wildman–Crippen LogP) is -0.0323. The lowest BCUT2D eigenvalue weighted by molar-refractivity contribution is -0.119. The lowest BCUT2D eigenvalue weighted by Gasteiger charge is -2.28. The fourth-order valence-corrected chi connectivity index (χ4v) is 1.79. The molecule has 4 nitrogen and oxygen atoms in total. The number of hydrogen-bond donors (Lipinski definition) is 2. The number of carbonyl (C=O) groups excluding carboxylic acids is 1. The van der Waals surface area contributed by atoms with Crippen LogP contribution in [0.3, 0.4) is 0 Å². The van der Waals surface area contributed by atoms with Crippen LogP contribution in [0, 0.1) is 0 Å². The second-order valence-corrected chi connectivity index (χ2v) is 4.12. The third kappa shape index (κ3) is 3.27. The van der Waals surface area contributed by atoms with Gasteiger partial charge in [0.05, 0.1) is 6.61 Å². The second-order valence-electron chi connectivity index (χ2n) is 4.12. The van der Waals surface area contributed by atoms with E-state index in [1.807, 2.05) is 0 Å². The SMILES string of the molecule is CC(C)N(CCO)CC1CCC(=O)N1. The van der Waals surface area contributed by atoms with Gasteiger partial charge in [-0.2, -0.15) is 0 Å². The van der Waals surface area contributed by atoms with Crippen molar-refractivity contribution in [1.82, 2.24) is 10.2 Å². The van der Waals surface area contributed by atoms with E-state index in [0.29, 0.717) is 19.0 Å². The molecule has 1 amide bonds. The van der Waals surface area contributed by atoms with Gasteiger partial charge < -0.3 is 10.4 Å². The molecule has 2 N–H and O–H groups in total. The number of carbonyl (C=O) groups is 1. The molecule has 1 unspecified atom stereocenters. The van der Waals surface area contributed by atoms with Gasteiger partial charge >= 0.3 is 0 Å². The van der Waals surface area contributed by atoms with Crippen molar-refractivity contribution in [3.8, 4) is 0 Å². The Hall–Kier alpha value is -0.610. The highest BCUT2D eigenvalue weighted by Crippen LogP contribution is 2.09. The van der Waals surface area contributed by atoms with E-state index in [1.165, 1.54) is 0 Å². The molecule has 0 aromatic heterocycles. The maximum atomic E-state index is 11.0. The maximum Gasteiger partial charge on any atom is 0.220 e. The van der Waals surface area contributed by atoms with Crippen LogP contribution in [-0.2, 0) is 4.79 Å². The van der Waals surface area contributed by atoms with Crippen LogP contribution in [0.15, 0.2) is 0 Å². The minimum Gasteiger partial charge on any atom is -0.395 e. The number of aliphatic hydroxyl groups is 1. The molecular weight excluding hydrogens is 180 g/mol. The van der Waals surface area contributed by atoms with Gasteiger partial charge in [0.1, 0.15) is 0 Å². The third-order valence-electron chi connectivity index (χ3n) is 2.66. The van der Waals surface area contributed by atoms with Gasteiger partial charge in [-0.3, -0.25) is 9.69 Å². The highest BCUT2D eigenvalue weighted by atomic mass is 16.3. The monoisotopic (exact) mass is 200 g/mol. The van der Waals surface area contributed by atoms with Crippen molar-refractivity contribution in [3.05, 3.63) is 0 Å². The Bertz CT molecular complexity index is 195. The van der Waals surface area contributed by atoms with E-state index in [-0.39, 0.29) is 18.6 Å². The Kier molecular flexibility index (Phi) is 4.35. The summed E-state index contributed by atoms with van der Waals surface area (Å²) in [5.74, 6) is 0.155. The van der Waals surface area contributed by atoms with Gasteiger partial charge in [0.2, 0.25) is 5.91 Å². The van der Waals surface area contributed by atoms with Gasteiger partial charge in [0.25, 0.3) is 0 Å². The molecule has 1 atom stereocenters. The first-order chi connectivity index (χ1) is 6.63. The van der Waals surface area contributed by atoms with Gasteiger partial charge in [-0.1, -0.05) is 0 Å². The summed E-state index contributed by atoms with van der Waals surface area (Å²) >= 11 is 0. The van der Waals surface area contributed by atoms with E-state index in [4.69, 9.17) is 5.11 Å². The van der Waals surface area contributed by atoms with E-state index >= 15 is 0 Å². The largest absolute Gasteiger partial charge is 0.395 e. The number of rotatable bonds is 5. The van der Waals surface area contributed by atoms with Gasteiger partial charge in [-0.15, -0.1) is 0 Å². The minimum absolute atomic E-state index is 0.155. The van der Waals surface area contributed by atoms with Gasteiger partial charge in [-0.25, -0.2) is 0 Å². The summed E-state index contributed by atoms with van der Waals surface area (Å²) in [5.41, 5.74) is 0. The van der Waals surface area contributed by atoms with Crippen molar-refractivity contribution in [3.63, 3.8) is 0 Å². The molecule has 82 valence electrons. The quantitative estimate of drug-likeness (QED) is 0.655. The maximum absolute atomic E-state index is 11.0. The van der Waals surface area contributed by atoms with Crippen LogP contribution in [0.2, 0.25) is 0 Å². The van der Waals surface area contributed by atoms with E-state index < -0.39 is 0 Å². The van der Waals surface area contributed by atoms with Crippen molar-refractivity contribution in [2.45, 2.75) is 38.8 Å². The number of hydrogen-bond acceptors (Lipinski definition) is 3. The molecule has 1 rings (SSSR count). The van der Waals surface area contributed by atoms with Crippen molar-refractivity contribution in [1.29, 1.82) is 0 Å². The normalized spacial score (nSPS) is 22.1. The minimum atomic E-state index is 0.155. The Balaban J connectivity index is 2.35. The molecule has 0 spiro atoms. The Morgan fingerprint density at radius 1 is 1.64 bits per heavy atom. The molecule has 1 aliphatic rings. The van der Waals surface area contributed by atoms with Crippen LogP contribution < -0.4 is 5.32 Å². The molecule has 0 aliphatic carbocycles. The van der Waals surface area contributed by atoms with Crippen LogP contribution in [0.5, 0.6) is 0 Å². The fourth-order valence-electron chi connectivity index (χ4n) is 1.79. The molecule has 1 heterocycles. The highest BCUT2D eigenvalue weighted by molar-refractivity contribution is 5.78. The standard InChI is InChI=1S/C10H20N2O2/c1-8(2)12(5-6-13)7-9-3-4-10(14)11-9/h8-9,13H,3-7H2,1-2H3,(H,11,14). The zero-order valence-electron chi connectivity index (χ0n) is 8.99. The van der Waals surface area contributed by atoms with Crippen molar-refractivity contribution in [2.24, 2.45) is 0 Å². The van der Waals surface area contributed by atoms with Gasteiger partial charge in [0.15, 0.2) is 0 Å². The average molecular weight is 200 g/mol. The summed E-state index contributed by atoms with van der Waals surface area (Å²) in [6.45, 7) is 5.92. The summed E-state index contributed by atoms with van der Waals surface area (Å²) in [6, 6.07) is 0.691. The first kappa shape index (κ1) is 11.5. The first-order valence-electron chi connectivity index (χ1n) is 5.27. The van der Waals surface area contributed by atoms with Crippen LogP contribution >= 0.6 is 0 Å². The second kappa shape index (κ2) is 5.32. The molecule has 0 aromatic rings. The summed E-state index contributed by atoms with van der Waals surface area (Å²) in [6.07, 6.45) is 1.57. The lowest BCUT2D eigenvalue weighted by Crippen LogP contribution is -2.43. The van der Waals surface area contributed by atoms with Crippen molar-refractivity contribution < 1.29 is 9.90 Å². The van der Waals surface area contributed by atoms with Crippen LogP contribution in [-0.4, -0.2) is 47.7 Å². The van der Waals surface area contributed by atoms with E-state index in [9.17, 15) is 4.79 Å².